The van der Waals surface area contributed by atoms with E-state index in [0.29, 0.717) is 0 Å². The minimum atomic E-state index is 0.965. The average molecular weight is 248 g/mol. The molecule has 1 nitrogen and oxygen atoms in total. The molecule has 54 valence electrons. The van der Waals surface area contributed by atoms with Crippen molar-refractivity contribution in [3.05, 3.63) is 27.3 Å². The van der Waals surface area contributed by atoms with Gasteiger partial charge >= 0.3 is 0 Å². The molecule has 1 rings (SSSR count). The molecule has 0 N–H and O–H groups in total. The number of ether oxygens (including phenoxy) is 1. The summed E-state index contributed by atoms with van der Waals surface area (Å²) in [5.41, 5.74) is 1.18. The zero-order chi connectivity index (χ0) is 7.56. The molecule has 10 heavy (non-hydrogen) atoms. The van der Waals surface area contributed by atoms with Gasteiger partial charge in [0.25, 0.3) is 0 Å². The summed E-state index contributed by atoms with van der Waals surface area (Å²) in [5, 5.41) is 0. The lowest BCUT2D eigenvalue weighted by Gasteiger charge is -2.02. The molecule has 0 saturated carbocycles. The molecule has 0 spiro atoms. The van der Waals surface area contributed by atoms with Crippen molar-refractivity contribution in [2.45, 2.75) is 6.92 Å². The molecule has 0 atom stereocenters. The van der Waals surface area contributed by atoms with E-state index in [2.05, 4.69) is 34.7 Å². The molecule has 0 aliphatic heterocycles. The van der Waals surface area contributed by atoms with Gasteiger partial charge in [0.1, 0.15) is 5.75 Å². The minimum Gasteiger partial charge on any atom is -0.496 e. The van der Waals surface area contributed by atoms with Crippen molar-refractivity contribution in [2.24, 2.45) is 0 Å². The first-order valence-electron chi connectivity index (χ1n) is 3.04. The van der Waals surface area contributed by atoms with Gasteiger partial charge in [0.2, 0.25) is 0 Å². The Kier molecular flexibility index (Phi) is 2.54. The summed E-state index contributed by atoms with van der Waals surface area (Å²) >= 11 is 2.27. The van der Waals surface area contributed by atoms with Gasteiger partial charge in [-0.05, 0) is 47.2 Å². The van der Waals surface area contributed by atoms with Crippen molar-refractivity contribution in [1.29, 1.82) is 0 Å². The van der Waals surface area contributed by atoms with E-state index in [9.17, 15) is 0 Å². The van der Waals surface area contributed by atoms with E-state index in [1.54, 1.807) is 7.11 Å². The summed E-state index contributed by atoms with van der Waals surface area (Å²) in [6.45, 7) is 2.04. The molecule has 0 unspecified atom stereocenters. The first kappa shape index (κ1) is 7.85. The number of benzene rings is 1. The molecule has 0 radical (unpaired) electrons. The van der Waals surface area contributed by atoms with Crippen LogP contribution in [-0.2, 0) is 0 Å². The van der Waals surface area contributed by atoms with Crippen molar-refractivity contribution in [3.63, 3.8) is 0 Å². The number of hydrogen-bond donors (Lipinski definition) is 0. The van der Waals surface area contributed by atoms with Gasteiger partial charge in [-0.2, -0.15) is 0 Å². The number of halogens is 1. The van der Waals surface area contributed by atoms with Gasteiger partial charge in [-0.3, -0.25) is 0 Å². The highest BCUT2D eigenvalue weighted by molar-refractivity contribution is 14.1. The zero-order valence-corrected chi connectivity index (χ0v) is 8.18. The van der Waals surface area contributed by atoms with E-state index in [0.717, 1.165) is 5.75 Å². The molecule has 0 bridgehead atoms. The van der Waals surface area contributed by atoms with Crippen molar-refractivity contribution < 1.29 is 4.74 Å². The smallest absolute Gasteiger partial charge is 0.122 e. The average Bonchev–Trinajstić information content (AvgIpc) is 1.94. The van der Waals surface area contributed by atoms with Crippen molar-refractivity contribution >= 4 is 22.6 Å². The van der Waals surface area contributed by atoms with Gasteiger partial charge < -0.3 is 4.74 Å². The van der Waals surface area contributed by atoms with E-state index < -0.39 is 0 Å². The highest BCUT2D eigenvalue weighted by Crippen LogP contribution is 2.19. The summed E-state index contributed by atoms with van der Waals surface area (Å²) in [6.07, 6.45) is 0. The van der Waals surface area contributed by atoms with Gasteiger partial charge in [-0.15, -0.1) is 0 Å². The summed E-state index contributed by atoms with van der Waals surface area (Å²) in [5.74, 6) is 0.965. The van der Waals surface area contributed by atoms with Crippen molar-refractivity contribution in [2.75, 3.05) is 7.11 Å². The Balaban J connectivity index is 3.09. The van der Waals surface area contributed by atoms with E-state index >= 15 is 0 Å². The largest absolute Gasteiger partial charge is 0.496 e. The SMILES string of the molecule is COc1cc(I)ccc1C. The maximum absolute atomic E-state index is 5.12. The third kappa shape index (κ3) is 1.62. The molecule has 1 aromatic rings. The van der Waals surface area contributed by atoms with E-state index in [1.165, 1.54) is 9.13 Å². The Hall–Kier alpha value is -0.250. The van der Waals surface area contributed by atoms with E-state index in [1.807, 2.05) is 13.0 Å². The molecule has 0 aromatic heterocycles. The number of methoxy groups -OCH3 is 1. The summed E-state index contributed by atoms with van der Waals surface area (Å²) < 4.78 is 6.33. The first-order valence-corrected chi connectivity index (χ1v) is 4.12. The molecule has 2 heteroatoms. The van der Waals surface area contributed by atoms with Gasteiger partial charge in [0, 0.05) is 3.57 Å². The van der Waals surface area contributed by atoms with Crippen LogP contribution < -0.4 is 4.74 Å². The number of rotatable bonds is 1. The van der Waals surface area contributed by atoms with Gasteiger partial charge in [0.15, 0.2) is 0 Å². The summed E-state index contributed by atoms with van der Waals surface area (Å²) in [6, 6.07) is 6.15. The van der Waals surface area contributed by atoms with Crippen LogP contribution in [0.5, 0.6) is 5.75 Å². The normalized spacial score (nSPS) is 9.50. The van der Waals surface area contributed by atoms with Crippen molar-refractivity contribution in [1.82, 2.24) is 0 Å². The molecule has 0 aliphatic carbocycles. The van der Waals surface area contributed by atoms with Crippen LogP contribution in [0.25, 0.3) is 0 Å². The predicted octanol–water partition coefficient (Wildman–Crippen LogP) is 2.61. The minimum absolute atomic E-state index is 0.965. The molecule has 0 fully saturated rings. The van der Waals surface area contributed by atoms with E-state index in [-0.39, 0.29) is 0 Å². The van der Waals surface area contributed by atoms with Crippen LogP contribution >= 0.6 is 22.6 Å². The quantitative estimate of drug-likeness (QED) is 0.694. The van der Waals surface area contributed by atoms with Gasteiger partial charge in [-0.25, -0.2) is 0 Å². The molecular weight excluding hydrogens is 239 g/mol. The second-order valence-corrected chi connectivity index (χ2v) is 3.36. The Morgan fingerprint density at radius 1 is 1.40 bits per heavy atom. The predicted molar refractivity (Wildman–Crippen MR) is 50.4 cm³/mol. The number of hydrogen-bond acceptors (Lipinski definition) is 1. The zero-order valence-electron chi connectivity index (χ0n) is 6.02. The first-order chi connectivity index (χ1) is 4.74. The molecule has 0 saturated heterocycles. The Bertz CT molecular complexity index is 233. The van der Waals surface area contributed by atoms with Gasteiger partial charge in [-0.1, -0.05) is 6.07 Å². The van der Waals surface area contributed by atoms with Crippen LogP contribution in [0, 0.1) is 10.5 Å². The second-order valence-electron chi connectivity index (χ2n) is 2.11. The molecule has 0 amide bonds. The van der Waals surface area contributed by atoms with E-state index in [4.69, 9.17) is 4.74 Å². The topological polar surface area (TPSA) is 9.23 Å². The van der Waals surface area contributed by atoms with Crippen LogP contribution in [0.3, 0.4) is 0 Å². The highest BCUT2D eigenvalue weighted by Gasteiger charge is 1.95. The van der Waals surface area contributed by atoms with Crippen molar-refractivity contribution in [3.8, 4) is 5.75 Å². The summed E-state index contributed by atoms with van der Waals surface area (Å²) in [4.78, 5) is 0. The molecule has 1 aromatic carbocycles. The molecule has 0 heterocycles. The summed E-state index contributed by atoms with van der Waals surface area (Å²) in [7, 11) is 1.69. The number of aryl methyl sites for hydroxylation is 1. The second kappa shape index (κ2) is 3.23. The maximum Gasteiger partial charge on any atom is 0.122 e. The Morgan fingerprint density at radius 3 is 2.60 bits per heavy atom. The van der Waals surface area contributed by atoms with Crippen LogP contribution in [0.2, 0.25) is 0 Å². The lowest BCUT2D eigenvalue weighted by molar-refractivity contribution is 0.411. The fourth-order valence-corrected chi connectivity index (χ4v) is 1.26. The molecular formula is C8H9IO. The Morgan fingerprint density at radius 2 is 2.10 bits per heavy atom. The Labute approximate surface area is 74.5 Å². The van der Waals surface area contributed by atoms with Crippen LogP contribution in [-0.4, -0.2) is 7.11 Å². The monoisotopic (exact) mass is 248 g/mol. The van der Waals surface area contributed by atoms with Crippen LogP contribution in [0.4, 0.5) is 0 Å². The van der Waals surface area contributed by atoms with Crippen LogP contribution in [0.15, 0.2) is 18.2 Å². The third-order valence-electron chi connectivity index (χ3n) is 1.37. The lowest BCUT2D eigenvalue weighted by Crippen LogP contribution is -1.86. The maximum atomic E-state index is 5.12. The highest BCUT2D eigenvalue weighted by atomic mass is 127. The fourth-order valence-electron chi connectivity index (χ4n) is 0.794. The lowest BCUT2D eigenvalue weighted by atomic mass is 10.2. The standard InChI is InChI=1S/C8H9IO/c1-6-3-4-7(9)5-8(6)10-2/h3-5H,1-2H3. The van der Waals surface area contributed by atoms with Gasteiger partial charge in [0.05, 0.1) is 7.11 Å². The third-order valence-corrected chi connectivity index (χ3v) is 2.04. The van der Waals surface area contributed by atoms with Crippen LogP contribution in [0.1, 0.15) is 5.56 Å². The molecule has 0 aliphatic rings. The fraction of sp³-hybridized carbons (Fsp3) is 0.250.